The molecule has 2 N–H and O–H groups in total. The molecule has 28 heavy (non-hydrogen) atoms. The van der Waals surface area contributed by atoms with Crippen LogP contribution in [0.25, 0.3) is 0 Å². The Bertz CT molecular complexity index is 840. The number of carbonyl (C=O) groups is 2. The fourth-order valence-corrected chi connectivity index (χ4v) is 3.61. The van der Waals surface area contributed by atoms with Crippen molar-refractivity contribution in [3.05, 3.63) is 27.6 Å². The zero-order valence-electron chi connectivity index (χ0n) is 16.1. The summed E-state index contributed by atoms with van der Waals surface area (Å²) >= 11 is 3.44. The quantitative estimate of drug-likeness (QED) is 0.622. The number of nitrogens with zero attached hydrogens (tertiary/aromatic N) is 4. The van der Waals surface area contributed by atoms with Crippen LogP contribution in [0.5, 0.6) is 0 Å². The molecule has 3 rings (SSSR count). The molecule has 2 heterocycles. The lowest BCUT2D eigenvalue weighted by atomic mass is 9.89. The van der Waals surface area contributed by atoms with Gasteiger partial charge in [-0.15, -0.1) is 0 Å². The second kappa shape index (κ2) is 9.31. The lowest BCUT2D eigenvalue weighted by molar-refractivity contribution is -0.121. The van der Waals surface area contributed by atoms with E-state index < -0.39 is 5.91 Å². The maximum Gasteiger partial charge on any atom is 0.315 e. The molecule has 9 nitrogen and oxygen atoms in total. The van der Waals surface area contributed by atoms with Gasteiger partial charge in [0.25, 0.3) is 0 Å². The molecular weight excluding hydrogens is 428 g/mol. The van der Waals surface area contributed by atoms with Crippen LogP contribution < -0.4 is 10.6 Å². The van der Waals surface area contributed by atoms with Gasteiger partial charge in [0, 0.05) is 19.0 Å². The first-order chi connectivity index (χ1) is 13.5. The molecule has 0 aliphatic heterocycles. The van der Waals surface area contributed by atoms with Crippen molar-refractivity contribution in [2.75, 3.05) is 13.1 Å². The molecule has 0 spiro atoms. The Kier molecular flexibility index (Phi) is 6.82. The highest BCUT2D eigenvalue weighted by Crippen LogP contribution is 2.30. The summed E-state index contributed by atoms with van der Waals surface area (Å²) in [5, 5.41) is 13.7. The van der Waals surface area contributed by atoms with Crippen molar-refractivity contribution in [1.29, 1.82) is 0 Å². The number of halogens is 1. The van der Waals surface area contributed by atoms with E-state index in [2.05, 4.69) is 41.8 Å². The maximum absolute atomic E-state index is 12.1. The number of amides is 2. The Morgan fingerprint density at radius 2 is 1.89 bits per heavy atom. The third-order valence-electron chi connectivity index (χ3n) is 4.93. The first-order valence-corrected chi connectivity index (χ1v) is 10.3. The summed E-state index contributed by atoms with van der Waals surface area (Å²) in [6.45, 7) is 4.46. The van der Waals surface area contributed by atoms with Crippen LogP contribution >= 0.6 is 15.9 Å². The molecule has 152 valence electrons. The fraction of sp³-hybridized carbons (Fsp3) is 0.611. The molecule has 0 bridgehead atoms. The summed E-state index contributed by atoms with van der Waals surface area (Å²) in [5.41, 5.74) is 1.73. The summed E-state index contributed by atoms with van der Waals surface area (Å²) < 4.78 is 7.63. The number of rotatable bonds is 7. The molecule has 0 saturated heterocycles. The molecule has 1 saturated carbocycles. The Morgan fingerprint density at radius 3 is 2.57 bits per heavy atom. The summed E-state index contributed by atoms with van der Waals surface area (Å²) in [4.78, 5) is 28.4. The molecule has 2 amide bonds. The van der Waals surface area contributed by atoms with Crippen molar-refractivity contribution in [1.82, 2.24) is 30.6 Å². The van der Waals surface area contributed by atoms with E-state index in [0.717, 1.165) is 41.5 Å². The normalized spacial score (nSPS) is 14.8. The van der Waals surface area contributed by atoms with Crippen molar-refractivity contribution in [3.63, 3.8) is 0 Å². The second-order valence-electron chi connectivity index (χ2n) is 7.04. The number of aromatic nitrogens is 4. The van der Waals surface area contributed by atoms with E-state index in [1.807, 2.05) is 13.8 Å². The van der Waals surface area contributed by atoms with E-state index >= 15 is 0 Å². The van der Waals surface area contributed by atoms with Gasteiger partial charge in [0.1, 0.15) is 6.54 Å². The van der Waals surface area contributed by atoms with Crippen molar-refractivity contribution >= 4 is 27.7 Å². The van der Waals surface area contributed by atoms with Crippen molar-refractivity contribution in [2.45, 2.75) is 58.4 Å². The van der Waals surface area contributed by atoms with E-state index in [1.54, 1.807) is 4.68 Å². The minimum Gasteiger partial charge on any atom is -0.353 e. The molecule has 10 heteroatoms. The lowest BCUT2D eigenvalue weighted by Gasteiger charge is -2.17. The molecule has 2 aromatic heterocycles. The molecule has 1 fully saturated rings. The number of nitrogens with one attached hydrogen (secondary N) is 2. The topological polar surface area (TPSA) is 115 Å². The Hall–Kier alpha value is -2.23. The highest BCUT2D eigenvalue weighted by Gasteiger charge is 2.23. The Labute approximate surface area is 171 Å². The third kappa shape index (κ3) is 4.98. The smallest absolute Gasteiger partial charge is 0.315 e. The first kappa shape index (κ1) is 20.5. The van der Waals surface area contributed by atoms with Crippen molar-refractivity contribution in [2.24, 2.45) is 0 Å². The average molecular weight is 453 g/mol. The van der Waals surface area contributed by atoms with E-state index in [-0.39, 0.29) is 30.8 Å². The van der Waals surface area contributed by atoms with Gasteiger partial charge in [-0.2, -0.15) is 10.1 Å². The zero-order valence-corrected chi connectivity index (χ0v) is 17.7. The van der Waals surface area contributed by atoms with E-state index in [0.29, 0.717) is 12.4 Å². The second-order valence-corrected chi connectivity index (χ2v) is 7.83. The fourth-order valence-electron chi connectivity index (χ4n) is 3.33. The van der Waals surface area contributed by atoms with Crippen molar-refractivity contribution < 1.29 is 14.1 Å². The number of aryl methyl sites for hydroxylation is 1. The number of carbonyl (C=O) groups excluding carboxylic acids is 2. The van der Waals surface area contributed by atoms with Gasteiger partial charge < -0.3 is 15.2 Å². The molecule has 0 radical (unpaired) electrons. The zero-order chi connectivity index (χ0) is 20.1. The van der Waals surface area contributed by atoms with E-state index in [1.165, 1.54) is 6.42 Å². The minimum atomic E-state index is -0.425. The molecule has 0 atom stereocenters. The molecule has 0 aromatic carbocycles. The Balaban J connectivity index is 1.40. The Morgan fingerprint density at radius 1 is 1.18 bits per heavy atom. The van der Waals surface area contributed by atoms with Gasteiger partial charge in [0.15, 0.2) is 5.82 Å². The third-order valence-corrected chi connectivity index (χ3v) is 6.07. The van der Waals surface area contributed by atoms with Gasteiger partial charge >= 0.3 is 11.8 Å². The van der Waals surface area contributed by atoms with Crippen LogP contribution in [0.2, 0.25) is 0 Å². The van der Waals surface area contributed by atoms with Gasteiger partial charge in [-0.05, 0) is 42.6 Å². The van der Waals surface area contributed by atoms with Crippen LogP contribution in [-0.4, -0.2) is 44.8 Å². The van der Waals surface area contributed by atoms with Crippen LogP contribution in [0.15, 0.2) is 9.00 Å². The molecule has 1 aliphatic carbocycles. The van der Waals surface area contributed by atoms with E-state index in [4.69, 9.17) is 4.52 Å². The van der Waals surface area contributed by atoms with Crippen LogP contribution in [0.4, 0.5) is 0 Å². The van der Waals surface area contributed by atoms with Gasteiger partial charge in [0.05, 0.1) is 15.9 Å². The van der Waals surface area contributed by atoms with Gasteiger partial charge in [0.2, 0.25) is 5.91 Å². The average Bonchev–Trinajstić information content (AvgIpc) is 3.28. The molecular formula is C18H25BrN6O3. The van der Waals surface area contributed by atoms with Gasteiger partial charge in [-0.25, -0.2) is 0 Å². The number of hydrogen-bond acceptors (Lipinski definition) is 6. The van der Waals surface area contributed by atoms with Crippen molar-refractivity contribution in [3.8, 4) is 0 Å². The molecule has 0 unspecified atom stereocenters. The van der Waals surface area contributed by atoms with Crippen LogP contribution in [0.1, 0.15) is 65.9 Å². The lowest BCUT2D eigenvalue weighted by Crippen LogP contribution is -2.36. The highest BCUT2D eigenvalue weighted by atomic mass is 79.9. The molecule has 1 aliphatic rings. The SMILES string of the molecule is Cc1nn(CC(=O)NCCNC(=O)c2nc(C3CCCCC3)no2)c(C)c1Br. The monoisotopic (exact) mass is 452 g/mol. The summed E-state index contributed by atoms with van der Waals surface area (Å²) in [5.74, 6) is 0.275. The highest BCUT2D eigenvalue weighted by molar-refractivity contribution is 9.10. The van der Waals surface area contributed by atoms with Gasteiger partial charge in [-0.1, -0.05) is 24.4 Å². The summed E-state index contributed by atoms with van der Waals surface area (Å²) in [6, 6.07) is 0. The van der Waals surface area contributed by atoms with Crippen LogP contribution in [-0.2, 0) is 11.3 Å². The van der Waals surface area contributed by atoms with Gasteiger partial charge in [-0.3, -0.25) is 14.3 Å². The maximum atomic E-state index is 12.1. The van der Waals surface area contributed by atoms with Crippen LogP contribution in [0.3, 0.4) is 0 Å². The predicted octanol–water partition coefficient (Wildman–Crippen LogP) is 2.24. The number of hydrogen-bond donors (Lipinski definition) is 2. The standard InChI is InChI=1S/C18H25BrN6O3/c1-11-15(19)12(2)25(23-11)10-14(26)20-8-9-21-17(27)18-22-16(24-28-18)13-6-4-3-5-7-13/h13H,3-10H2,1-2H3,(H,20,26)(H,21,27). The first-order valence-electron chi connectivity index (χ1n) is 9.53. The van der Waals surface area contributed by atoms with Crippen LogP contribution in [0, 0.1) is 13.8 Å². The molecule has 2 aromatic rings. The largest absolute Gasteiger partial charge is 0.353 e. The summed E-state index contributed by atoms with van der Waals surface area (Å²) in [7, 11) is 0. The predicted molar refractivity (Wildman–Crippen MR) is 105 cm³/mol. The minimum absolute atomic E-state index is 0.0283. The summed E-state index contributed by atoms with van der Waals surface area (Å²) in [6.07, 6.45) is 5.64. The van der Waals surface area contributed by atoms with E-state index in [9.17, 15) is 9.59 Å².